The summed E-state index contributed by atoms with van der Waals surface area (Å²) in [5.41, 5.74) is -0.208. The molecular weight excluding hydrogens is 244 g/mol. The Labute approximate surface area is 101 Å². The Morgan fingerprint density at radius 2 is 2.17 bits per heavy atom. The number of hydrogen-bond acceptors (Lipinski definition) is 3. The van der Waals surface area contributed by atoms with Crippen molar-refractivity contribution in [2.75, 3.05) is 0 Å². The SMILES string of the molecule is CCc1c(C(=O)O)nnn1-c1cccc(F)c1F. The molecule has 0 atom stereocenters. The lowest BCUT2D eigenvalue weighted by atomic mass is 10.2. The van der Waals surface area contributed by atoms with Gasteiger partial charge in [-0.1, -0.05) is 18.2 Å². The van der Waals surface area contributed by atoms with Crippen LogP contribution in [0.15, 0.2) is 18.2 Å². The Balaban J connectivity index is 2.65. The summed E-state index contributed by atoms with van der Waals surface area (Å²) in [5.74, 6) is -3.37. The zero-order valence-electron chi connectivity index (χ0n) is 9.39. The molecule has 0 aliphatic heterocycles. The van der Waals surface area contributed by atoms with Crippen LogP contribution in [0.4, 0.5) is 8.78 Å². The van der Waals surface area contributed by atoms with Crippen LogP contribution in [0, 0.1) is 11.6 Å². The van der Waals surface area contributed by atoms with Gasteiger partial charge in [-0.05, 0) is 18.6 Å². The largest absolute Gasteiger partial charge is 0.476 e. The first kappa shape index (κ1) is 12.2. The zero-order valence-corrected chi connectivity index (χ0v) is 9.39. The minimum Gasteiger partial charge on any atom is -0.476 e. The maximum absolute atomic E-state index is 13.6. The molecule has 0 bridgehead atoms. The molecule has 0 radical (unpaired) electrons. The van der Waals surface area contributed by atoms with Crippen molar-refractivity contribution in [2.45, 2.75) is 13.3 Å². The van der Waals surface area contributed by atoms with E-state index in [0.717, 1.165) is 10.7 Å². The highest BCUT2D eigenvalue weighted by Crippen LogP contribution is 2.18. The lowest BCUT2D eigenvalue weighted by Gasteiger charge is -2.06. The van der Waals surface area contributed by atoms with E-state index in [1.54, 1.807) is 6.92 Å². The summed E-state index contributed by atoms with van der Waals surface area (Å²) in [6, 6.07) is 3.59. The van der Waals surface area contributed by atoms with E-state index in [9.17, 15) is 13.6 Å². The first-order valence-electron chi connectivity index (χ1n) is 5.18. The van der Waals surface area contributed by atoms with Gasteiger partial charge in [0.25, 0.3) is 0 Å². The van der Waals surface area contributed by atoms with Gasteiger partial charge in [0, 0.05) is 0 Å². The number of aromatic nitrogens is 3. The smallest absolute Gasteiger partial charge is 0.358 e. The second-order valence-electron chi connectivity index (χ2n) is 3.53. The molecule has 94 valence electrons. The average Bonchev–Trinajstić information content (AvgIpc) is 2.76. The van der Waals surface area contributed by atoms with Crippen molar-refractivity contribution in [1.82, 2.24) is 15.0 Å². The molecule has 0 saturated carbocycles. The van der Waals surface area contributed by atoms with Gasteiger partial charge in [-0.2, -0.15) is 0 Å². The fourth-order valence-electron chi connectivity index (χ4n) is 1.63. The highest BCUT2D eigenvalue weighted by atomic mass is 19.2. The van der Waals surface area contributed by atoms with Crippen LogP contribution in [-0.2, 0) is 6.42 Å². The monoisotopic (exact) mass is 253 g/mol. The number of aromatic carboxylic acids is 1. The summed E-state index contributed by atoms with van der Waals surface area (Å²) < 4.78 is 27.7. The molecule has 0 amide bonds. The molecule has 5 nitrogen and oxygen atoms in total. The third-order valence-electron chi connectivity index (χ3n) is 2.46. The van der Waals surface area contributed by atoms with E-state index >= 15 is 0 Å². The van der Waals surface area contributed by atoms with Crippen molar-refractivity contribution in [3.8, 4) is 5.69 Å². The highest BCUT2D eigenvalue weighted by molar-refractivity contribution is 5.86. The number of halogens is 2. The summed E-state index contributed by atoms with van der Waals surface area (Å²) in [7, 11) is 0. The molecule has 1 aromatic carbocycles. The standard InChI is InChI=1S/C11H9F2N3O2/c1-2-7-10(11(17)18)14-15-16(7)8-5-3-4-6(12)9(8)13/h3-5H,2H2,1H3,(H,17,18). The normalized spacial score (nSPS) is 10.6. The van der Waals surface area contributed by atoms with Gasteiger partial charge in [0.2, 0.25) is 0 Å². The van der Waals surface area contributed by atoms with Crippen molar-refractivity contribution in [3.63, 3.8) is 0 Å². The maximum Gasteiger partial charge on any atom is 0.358 e. The van der Waals surface area contributed by atoms with Crippen LogP contribution in [0.25, 0.3) is 5.69 Å². The van der Waals surface area contributed by atoms with E-state index in [1.807, 2.05) is 0 Å². The van der Waals surface area contributed by atoms with E-state index in [0.29, 0.717) is 0 Å². The third-order valence-corrected chi connectivity index (χ3v) is 2.46. The van der Waals surface area contributed by atoms with Crippen LogP contribution >= 0.6 is 0 Å². The van der Waals surface area contributed by atoms with Crippen molar-refractivity contribution in [1.29, 1.82) is 0 Å². The average molecular weight is 253 g/mol. The molecule has 0 unspecified atom stereocenters. The van der Waals surface area contributed by atoms with Crippen LogP contribution in [0.1, 0.15) is 23.1 Å². The van der Waals surface area contributed by atoms with Gasteiger partial charge in [0.15, 0.2) is 17.3 Å². The van der Waals surface area contributed by atoms with E-state index in [4.69, 9.17) is 5.11 Å². The molecule has 0 aliphatic rings. The summed E-state index contributed by atoms with van der Waals surface area (Å²) in [6.07, 6.45) is 0.282. The second kappa shape index (κ2) is 4.52. The van der Waals surface area contributed by atoms with Crippen LogP contribution in [0.2, 0.25) is 0 Å². The summed E-state index contributed by atoms with van der Waals surface area (Å²) >= 11 is 0. The molecule has 0 saturated heterocycles. The van der Waals surface area contributed by atoms with Gasteiger partial charge in [-0.3, -0.25) is 0 Å². The zero-order chi connectivity index (χ0) is 13.3. The van der Waals surface area contributed by atoms with Crippen molar-refractivity contribution >= 4 is 5.97 Å². The minimum atomic E-state index is -1.25. The van der Waals surface area contributed by atoms with Crippen LogP contribution < -0.4 is 0 Å². The summed E-state index contributed by atoms with van der Waals surface area (Å²) in [6.45, 7) is 1.68. The molecule has 2 rings (SSSR count). The Bertz CT molecular complexity index is 610. The third kappa shape index (κ3) is 1.83. The minimum absolute atomic E-state index is 0.160. The lowest BCUT2D eigenvalue weighted by Crippen LogP contribution is -2.08. The molecule has 7 heteroatoms. The molecule has 1 N–H and O–H groups in total. The van der Waals surface area contributed by atoms with Gasteiger partial charge >= 0.3 is 5.97 Å². The Hall–Kier alpha value is -2.31. The van der Waals surface area contributed by atoms with Crippen LogP contribution in [0.5, 0.6) is 0 Å². The van der Waals surface area contributed by atoms with Crippen molar-refractivity contribution in [2.24, 2.45) is 0 Å². The number of carbonyl (C=O) groups is 1. The van der Waals surface area contributed by atoms with Crippen LogP contribution in [-0.4, -0.2) is 26.1 Å². The van der Waals surface area contributed by atoms with E-state index in [1.165, 1.54) is 12.1 Å². The maximum atomic E-state index is 13.6. The highest BCUT2D eigenvalue weighted by Gasteiger charge is 2.20. The Morgan fingerprint density at radius 3 is 2.78 bits per heavy atom. The van der Waals surface area contributed by atoms with Gasteiger partial charge in [-0.15, -0.1) is 5.10 Å². The molecule has 0 aliphatic carbocycles. The molecule has 0 fully saturated rings. The topological polar surface area (TPSA) is 68.0 Å². The number of carboxylic acid groups (broad SMARTS) is 1. The summed E-state index contributed by atoms with van der Waals surface area (Å²) in [4.78, 5) is 10.9. The molecule has 18 heavy (non-hydrogen) atoms. The Kier molecular flexibility index (Phi) is 3.05. The number of nitrogens with zero attached hydrogens (tertiary/aromatic N) is 3. The molecule has 2 aromatic rings. The van der Waals surface area contributed by atoms with E-state index < -0.39 is 17.6 Å². The van der Waals surface area contributed by atoms with Gasteiger partial charge in [0.05, 0.1) is 5.69 Å². The first-order chi connectivity index (χ1) is 8.56. The van der Waals surface area contributed by atoms with E-state index in [2.05, 4.69) is 10.3 Å². The summed E-state index contributed by atoms with van der Waals surface area (Å²) in [5, 5.41) is 15.9. The predicted molar refractivity (Wildman–Crippen MR) is 57.6 cm³/mol. The number of benzene rings is 1. The molecule has 1 aromatic heterocycles. The van der Waals surface area contributed by atoms with Crippen molar-refractivity contribution < 1.29 is 18.7 Å². The number of rotatable bonds is 3. The van der Waals surface area contributed by atoms with Crippen LogP contribution in [0.3, 0.4) is 0 Å². The Morgan fingerprint density at radius 1 is 1.44 bits per heavy atom. The second-order valence-corrected chi connectivity index (χ2v) is 3.53. The molecule has 1 heterocycles. The first-order valence-corrected chi connectivity index (χ1v) is 5.18. The molecule has 0 spiro atoms. The number of carboxylic acids is 1. The predicted octanol–water partition coefficient (Wildman–Crippen LogP) is 1.81. The van der Waals surface area contributed by atoms with Crippen molar-refractivity contribution in [3.05, 3.63) is 41.2 Å². The van der Waals surface area contributed by atoms with Gasteiger partial charge in [0.1, 0.15) is 5.69 Å². The lowest BCUT2D eigenvalue weighted by molar-refractivity contribution is 0.0689. The fraction of sp³-hybridized carbons (Fsp3) is 0.182. The number of hydrogen-bond donors (Lipinski definition) is 1. The molecular formula is C11H9F2N3O2. The van der Waals surface area contributed by atoms with Gasteiger partial charge < -0.3 is 5.11 Å². The fourth-order valence-corrected chi connectivity index (χ4v) is 1.63. The van der Waals surface area contributed by atoms with Gasteiger partial charge in [-0.25, -0.2) is 18.3 Å². The van der Waals surface area contributed by atoms with E-state index in [-0.39, 0.29) is 23.5 Å². The quantitative estimate of drug-likeness (QED) is 0.905.